The molecule has 0 saturated carbocycles. The van der Waals surface area contributed by atoms with Crippen molar-refractivity contribution in [3.63, 3.8) is 0 Å². The lowest BCUT2D eigenvalue weighted by atomic mass is 9.89. The third-order valence-electron chi connectivity index (χ3n) is 5.68. The van der Waals surface area contributed by atoms with Crippen LogP contribution in [0.25, 0.3) is 0 Å². The van der Waals surface area contributed by atoms with Crippen molar-refractivity contribution in [2.24, 2.45) is 0 Å². The summed E-state index contributed by atoms with van der Waals surface area (Å²) in [6.45, 7) is 3.92. The number of nitriles is 1. The van der Waals surface area contributed by atoms with E-state index in [1.807, 2.05) is 44.2 Å². The lowest BCUT2D eigenvalue weighted by molar-refractivity contribution is -0.117. The van der Waals surface area contributed by atoms with Gasteiger partial charge in [-0.05, 0) is 73.9 Å². The topological polar surface area (TPSA) is 74.1 Å². The summed E-state index contributed by atoms with van der Waals surface area (Å²) >= 11 is 0. The van der Waals surface area contributed by atoms with Crippen molar-refractivity contribution >= 4 is 5.91 Å². The second-order valence-electron chi connectivity index (χ2n) is 7.76. The first-order chi connectivity index (χ1) is 14.5. The highest BCUT2D eigenvalue weighted by atomic mass is 16.5. The number of amides is 1. The fraction of sp³-hybridized carbons (Fsp3) is 0.360. The number of methoxy groups -OCH3 is 1. The minimum absolute atomic E-state index is 0.00684. The summed E-state index contributed by atoms with van der Waals surface area (Å²) in [5.41, 5.74) is 5.02. The van der Waals surface area contributed by atoms with Crippen molar-refractivity contribution in [3.8, 4) is 11.8 Å². The highest BCUT2D eigenvalue weighted by Crippen LogP contribution is 2.25. The van der Waals surface area contributed by atoms with Crippen molar-refractivity contribution in [1.82, 2.24) is 10.6 Å². The largest absolute Gasteiger partial charge is 0.497 e. The Hall–Kier alpha value is -3.26. The van der Waals surface area contributed by atoms with Gasteiger partial charge in [0.15, 0.2) is 0 Å². The number of aryl methyl sites for hydroxylation is 2. The molecule has 3 rings (SSSR count). The molecule has 5 nitrogen and oxygen atoms in total. The van der Waals surface area contributed by atoms with Crippen LogP contribution in [-0.4, -0.2) is 13.0 Å². The normalized spacial score (nSPS) is 15.3. The molecule has 0 aliphatic heterocycles. The Morgan fingerprint density at radius 3 is 2.37 bits per heavy atom. The van der Waals surface area contributed by atoms with Crippen molar-refractivity contribution < 1.29 is 9.53 Å². The minimum atomic E-state index is -0.397. The molecule has 156 valence electrons. The number of ether oxygens (including phenoxy) is 1. The molecule has 0 spiro atoms. The molecular formula is C25H29N3O2. The molecule has 0 heterocycles. The highest BCUT2D eigenvalue weighted by Gasteiger charge is 2.15. The van der Waals surface area contributed by atoms with Gasteiger partial charge in [-0.25, -0.2) is 0 Å². The van der Waals surface area contributed by atoms with E-state index >= 15 is 0 Å². The van der Waals surface area contributed by atoms with Gasteiger partial charge in [0.1, 0.15) is 17.4 Å². The van der Waals surface area contributed by atoms with Gasteiger partial charge in [-0.15, -0.1) is 0 Å². The first-order valence-electron chi connectivity index (χ1n) is 10.4. The average Bonchev–Trinajstić information content (AvgIpc) is 2.79. The SMILES string of the molecule is COc1ccc(C(C)NC(=O)/C(C#N)=C\NC(C)c2ccc3c(c2)CCCC3)cc1. The molecule has 2 N–H and O–H groups in total. The number of nitrogens with zero attached hydrogens (tertiary/aromatic N) is 1. The van der Waals surface area contributed by atoms with Gasteiger partial charge in [-0.3, -0.25) is 4.79 Å². The first kappa shape index (κ1) is 21.4. The van der Waals surface area contributed by atoms with Crippen LogP contribution in [0.2, 0.25) is 0 Å². The molecule has 0 aromatic heterocycles. The number of benzene rings is 2. The van der Waals surface area contributed by atoms with Crippen molar-refractivity contribution in [3.05, 3.63) is 76.5 Å². The molecule has 2 atom stereocenters. The van der Waals surface area contributed by atoms with Gasteiger partial charge in [0.25, 0.3) is 5.91 Å². The van der Waals surface area contributed by atoms with E-state index in [1.165, 1.54) is 30.2 Å². The van der Waals surface area contributed by atoms with E-state index in [2.05, 4.69) is 28.8 Å². The molecule has 2 unspecified atom stereocenters. The van der Waals surface area contributed by atoms with E-state index in [4.69, 9.17) is 4.74 Å². The number of hydrogen-bond donors (Lipinski definition) is 2. The molecule has 0 fully saturated rings. The molecule has 1 amide bonds. The van der Waals surface area contributed by atoms with Gasteiger partial charge in [0, 0.05) is 12.2 Å². The summed E-state index contributed by atoms with van der Waals surface area (Å²) in [5.74, 6) is 0.362. The predicted molar refractivity (Wildman–Crippen MR) is 118 cm³/mol. The summed E-state index contributed by atoms with van der Waals surface area (Å²) in [7, 11) is 1.61. The van der Waals surface area contributed by atoms with E-state index in [1.54, 1.807) is 7.11 Å². The zero-order valence-electron chi connectivity index (χ0n) is 17.9. The Balaban J connectivity index is 1.62. The Bertz CT molecular complexity index is 957. The fourth-order valence-electron chi connectivity index (χ4n) is 3.73. The molecule has 0 saturated heterocycles. The van der Waals surface area contributed by atoms with E-state index < -0.39 is 5.91 Å². The Morgan fingerprint density at radius 2 is 1.70 bits per heavy atom. The lowest BCUT2D eigenvalue weighted by Gasteiger charge is -2.19. The molecule has 0 radical (unpaired) electrons. The van der Waals surface area contributed by atoms with Crippen molar-refractivity contribution in [2.75, 3.05) is 7.11 Å². The summed E-state index contributed by atoms with van der Waals surface area (Å²) < 4.78 is 5.16. The van der Waals surface area contributed by atoms with Gasteiger partial charge in [0.2, 0.25) is 0 Å². The maximum Gasteiger partial charge on any atom is 0.263 e. The van der Waals surface area contributed by atoms with Gasteiger partial charge in [-0.2, -0.15) is 5.26 Å². The number of rotatable bonds is 7. The van der Waals surface area contributed by atoms with E-state index in [0.29, 0.717) is 0 Å². The number of fused-ring (bicyclic) bond motifs is 1. The molecule has 30 heavy (non-hydrogen) atoms. The molecule has 1 aliphatic carbocycles. The van der Waals surface area contributed by atoms with Crippen LogP contribution in [0.1, 0.15) is 61.0 Å². The van der Waals surface area contributed by atoms with Crippen molar-refractivity contribution in [2.45, 2.75) is 51.6 Å². The van der Waals surface area contributed by atoms with Crippen LogP contribution in [0.3, 0.4) is 0 Å². The minimum Gasteiger partial charge on any atom is -0.497 e. The lowest BCUT2D eigenvalue weighted by Crippen LogP contribution is -2.28. The van der Waals surface area contributed by atoms with Crippen LogP contribution in [0.4, 0.5) is 0 Å². The summed E-state index contributed by atoms with van der Waals surface area (Å²) in [6, 6.07) is 15.9. The molecule has 0 bridgehead atoms. The fourth-order valence-corrected chi connectivity index (χ4v) is 3.73. The summed E-state index contributed by atoms with van der Waals surface area (Å²) in [4.78, 5) is 12.6. The maximum atomic E-state index is 12.6. The first-order valence-corrected chi connectivity index (χ1v) is 10.4. The summed E-state index contributed by atoms with van der Waals surface area (Å²) in [5, 5.41) is 15.5. The molecule has 2 aromatic carbocycles. The van der Waals surface area contributed by atoms with Gasteiger partial charge in [-0.1, -0.05) is 30.3 Å². The quantitative estimate of drug-likeness (QED) is 0.527. The van der Waals surface area contributed by atoms with E-state index in [9.17, 15) is 10.1 Å². The van der Waals surface area contributed by atoms with Crippen LogP contribution in [-0.2, 0) is 17.6 Å². The van der Waals surface area contributed by atoms with Crippen LogP contribution in [0.5, 0.6) is 5.75 Å². The number of carbonyl (C=O) groups is 1. The van der Waals surface area contributed by atoms with Crippen LogP contribution in [0.15, 0.2) is 54.2 Å². The highest BCUT2D eigenvalue weighted by molar-refractivity contribution is 5.97. The van der Waals surface area contributed by atoms with Gasteiger partial charge in [0.05, 0.1) is 13.2 Å². The second-order valence-corrected chi connectivity index (χ2v) is 7.76. The number of hydrogen-bond acceptors (Lipinski definition) is 4. The monoisotopic (exact) mass is 403 g/mol. The molecule has 1 aliphatic rings. The van der Waals surface area contributed by atoms with E-state index in [0.717, 1.165) is 29.7 Å². The molecule has 2 aromatic rings. The number of nitrogens with one attached hydrogen (secondary N) is 2. The van der Waals surface area contributed by atoms with Crippen LogP contribution < -0.4 is 15.4 Å². The molecule has 5 heteroatoms. The summed E-state index contributed by atoms with van der Waals surface area (Å²) in [6.07, 6.45) is 6.30. The van der Waals surface area contributed by atoms with Gasteiger partial charge >= 0.3 is 0 Å². The smallest absolute Gasteiger partial charge is 0.263 e. The third-order valence-corrected chi connectivity index (χ3v) is 5.68. The molecular weight excluding hydrogens is 374 g/mol. The van der Waals surface area contributed by atoms with Gasteiger partial charge < -0.3 is 15.4 Å². The Labute approximate surface area is 178 Å². The van der Waals surface area contributed by atoms with Crippen molar-refractivity contribution in [1.29, 1.82) is 5.26 Å². The van der Waals surface area contributed by atoms with Crippen LogP contribution >= 0.6 is 0 Å². The second kappa shape index (κ2) is 9.98. The third kappa shape index (κ3) is 5.21. The number of carbonyl (C=O) groups excluding carboxylic acids is 1. The average molecular weight is 404 g/mol. The van der Waals surface area contributed by atoms with E-state index in [-0.39, 0.29) is 17.7 Å². The zero-order valence-corrected chi connectivity index (χ0v) is 17.9. The zero-order chi connectivity index (χ0) is 21.5. The maximum absolute atomic E-state index is 12.6. The Morgan fingerprint density at radius 1 is 1.03 bits per heavy atom. The standard InChI is InChI=1S/C25H29N3O2/c1-17(21-9-8-20-6-4-5-7-22(20)14-21)27-16-23(15-26)25(29)28-18(2)19-10-12-24(30-3)13-11-19/h8-14,16-18,27H,4-7H2,1-3H3,(H,28,29)/b23-16-. The Kier molecular flexibility index (Phi) is 7.13. The van der Waals surface area contributed by atoms with Crippen LogP contribution in [0, 0.1) is 11.3 Å². The predicted octanol–water partition coefficient (Wildman–Crippen LogP) is 4.51.